The molecule has 4 aromatic rings. The molecule has 0 aliphatic carbocycles. The summed E-state index contributed by atoms with van der Waals surface area (Å²) in [6.45, 7) is 0. The van der Waals surface area contributed by atoms with Crippen LogP contribution in [0.25, 0.3) is 21.5 Å². The summed E-state index contributed by atoms with van der Waals surface area (Å²) in [7, 11) is 0. The van der Waals surface area contributed by atoms with Crippen LogP contribution in [0.5, 0.6) is 0 Å². The molecule has 0 radical (unpaired) electrons. The molecule has 0 saturated carbocycles. The van der Waals surface area contributed by atoms with Crippen molar-refractivity contribution < 1.29 is 4.48 Å². The first kappa shape index (κ1) is 12.8. The lowest BCUT2D eigenvalue weighted by atomic mass is 10.1. The van der Waals surface area contributed by atoms with Gasteiger partial charge in [-0.1, -0.05) is 65.1 Å². The molecule has 0 spiro atoms. The summed E-state index contributed by atoms with van der Waals surface area (Å²) in [4.78, 5) is 0. The Labute approximate surface area is 128 Å². The Kier molecular flexibility index (Phi) is 3.01. The highest BCUT2D eigenvalue weighted by molar-refractivity contribution is 5.89. The van der Waals surface area contributed by atoms with Crippen molar-refractivity contribution in [3.05, 3.63) is 84.9 Å². The largest absolute Gasteiger partial charge is 0.180 e. The summed E-state index contributed by atoms with van der Waals surface area (Å²) in [6, 6.07) is 27.2. The van der Waals surface area contributed by atoms with Crippen LogP contribution in [0.4, 0.5) is 15.9 Å². The van der Waals surface area contributed by atoms with Gasteiger partial charge in [-0.3, -0.25) is 0 Å². The Morgan fingerprint density at radius 1 is 0.500 bits per heavy atom. The Morgan fingerprint density at radius 2 is 0.909 bits per heavy atom. The van der Waals surface area contributed by atoms with Gasteiger partial charge < -0.3 is 0 Å². The molecule has 0 bridgehead atoms. The van der Waals surface area contributed by atoms with Gasteiger partial charge in [0.25, 0.3) is 0 Å². The minimum Gasteiger partial charge on any atom is -0.180 e. The number of rotatable bonds is 2. The average molecular weight is 287 g/mol. The Morgan fingerprint density at radius 3 is 1.36 bits per heavy atom. The van der Waals surface area contributed by atoms with Crippen molar-refractivity contribution in [2.75, 3.05) is 5.12 Å². The summed E-state index contributed by atoms with van der Waals surface area (Å²) < 4.78 is 14.8. The molecule has 0 N–H and O–H groups in total. The first-order valence-corrected chi connectivity index (χ1v) is 7.25. The molecule has 0 saturated heterocycles. The first-order valence-electron chi connectivity index (χ1n) is 7.25. The zero-order chi connectivity index (χ0) is 14.9. The Bertz CT molecular complexity index is 882. The van der Waals surface area contributed by atoms with Gasteiger partial charge in [-0.25, -0.2) is 0 Å². The highest BCUT2D eigenvalue weighted by Gasteiger charge is 2.09. The van der Waals surface area contributed by atoms with Crippen molar-refractivity contribution in [3.8, 4) is 0 Å². The van der Waals surface area contributed by atoms with E-state index >= 15 is 0 Å². The second-order valence-corrected chi connectivity index (χ2v) is 5.34. The van der Waals surface area contributed by atoms with Gasteiger partial charge in [0.2, 0.25) is 0 Å². The Balaban J connectivity index is 1.78. The fourth-order valence-corrected chi connectivity index (χ4v) is 2.75. The van der Waals surface area contributed by atoms with Gasteiger partial charge in [0.1, 0.15) is 0 Å². The van der Waals surface area contributed by atoms with Crippen LogP contribution in [0.15, 0.2) is 84.9 Å². The molecule has 1 nitrogen and oxygen atoms in total. The fraction of sp³-hybridized carbons (Fsp3) is 0. The SMILES string of the molecule is FN(c1ccc2ccccc2c1)c1ccc2ccccc2c1. The van der Waals surface area contributed by atoms with Crippen LogP contribution in [0, 0.1) is 0 Å². The molecule has 0 aliphatic rings. The molecule has 22 heavy (non-hydrogen) atoms. The normalized spacial score (nSPS) is 11.0. The van der Waals surface area contributed by atoms with E-state index in [1.807, 2.05) is 72.8 Å². The maximum absolute atomic E-state index is 14.8. The minimum absolute atomic E-state index is 0.536. The third-order valence-corrected chi connectivity index (χ3v) is 3.92. The van der Waals surface area contributed by atoms with E-state index in [-0.39, 0.29) is 0 Å². The van der Waals surface area contributed by atoms with Gasteiger partial charge in [0.05, 0.1) is 11.4 Å². The molecule has 4 aromatic carbocycles. The topological polar surface area (TPSA) is 3.24 Å². The molecule has 2 heteroatoms. The second kappa shape index (κ2) is 5.15. The summed E-state index contributed by atoms with van der Waals surface area (Å²) in [5.74, 6) is 0. The molecule has 0 atom stereocenters. The van der Waals surface area contributed by atoms with Crippen LogP contribution < -0.4 is 5.12 Å². The molecule has 4 rings (SSSR count). The monoisotopic (exact) mass is 287 g/mol. The number of anilines is 2. The van der Waals surface area contributed by atoms with E-state index in [0.29, 0.717) is 11.4 Å². The van der Waals surface area contributed by atoms with Gasteiger partial charge in [0.15, 0.2) is 0 Å². The van der Waals surface area contributed by atoms with E-state index in [0.717, 1.165) is 26.7 Å². The maximum atomic E-state index is 14.8. The van der Waals surface area contributed by atoms with Crippen molar-refractivity contribution in [3.63, 3.8) is 0 Å². The summed E-state index contributed by atoms with van der Waals surface area (Å²) in [5, 5.41) is 5.02. The lowest BCUT2D eigenvalue weighted by Gasteiger charge is -2.15. The van der Waals surface area contributed by atoms with Crippen LogP contribution >= 0.6 is 0 Å². The Hall–Kier alpha value is -2.87. The average Bonchev–Trinajstić information content (AvgIpc) is 2.60. The van der Waals surface area contributed by atoms with Crippen molar-refractivity contribution in [2.45, 2.75) is 0 Å². The van der Waals surface area contributed by atoms with Crippen molar-refractivity contribution in [1.82, 2.24) is 0 Å². The minimum atomic E-state index is 0.536. The third-order valence-electron chi connectivity index (χ3n) is 3.92. The molecular weight excluding hydrogens is 273 g/mol. The number of nitrogens with zero attached hydrogens (tertiary/aromatic N) is 1. The second-order valence-electron chi connectivity index (χ2n) is 5.34. The summed E-state index contributed by atoms with van der Waals surface area (Å²) in [5.41, 5.74) is 1.07. The molecule has 106 valence electrons. The van der Waals surface area contributed by atoms with E-state index < -0.39 is 0 Å². The third kappa shape index (κ3) is 2.19. The molecule has 0 aliphatic heterocycles. The number of hydrogen-bond acceptors (Lipinski definition) is 1. The summed E-state index contributed by atoms with van der Waals surface area (Å²) >= 11 is 0. The number of halogens is 1. The summed E-state index contributed by atoms with van der Waals surface area (Å²) in [6.07, 6.45) is 0. The highest BCUT2D eigenvalue weighted by Crippen LogP contribution is 2.31. The molecule has 0 heterocycles. The predicted molar refractivity (Wildman–Crippen MR) is 91.1 cm³/mol. The van der Waals surface area contributed by atoms with E-state index in [2.05, 4.69) is 0 Å². The standard InChI is InChI=1S/C20H14FN/c21-22(19-11-9-15-5-1-3-7-17(15)13-19)20-12-10-16-6-2-4-8-18(16)14-20/h1-14H. The smallest absolute Gasteiger partial charge is 0.0753 e. The van der Waals surface area contributed by atoms with Gasteiger partial charge >= 0.3 is 0 Å². The van der Waals surface area contributed by atoms with Gasteiger partial charge in [0, 0.05) is 0 Å². The fourth-order valence-electron chi connectivity index (χ4n) is 2.75. The lowest BCUT2D eigenvalue weighted by molar-refractivity contribution is 0.505. The zero-order valence-corrected chi connectivity index (χ0v) is 11.9. The van der Waals surface area contributed by atoms with Crippen molar-refractivity contribution in [1.29, 1.82) is 0 Å². The maximum Gasteiger partial charge on any atom is 0.0753 e. The zero-order valence-electron chi connectivity index (χ0n) is 11.9. The van der Waals surface area contributed by atoms with Crippen LogP contribution in [-0.2, 0) is 0 Å². The van der Waals surface area contributed by atoms with Gasteiger partial charge in [-0.05, 0) is 45.8 Å². The molecule has 0 amide bonds. The van der Waals surface area contributed by atoms with Crippen molar-refractivity contribution >= 4 is 32.9 Å². The van der Waals surface area contributed by atoms with Crippen LogP contribution in [0.3, 0.4) is 0 Å². The van der Waals surface area contributed by atoms with E-state index in [9.17, 15) is 4.48 Å². The van der Waals surface area contributed by atoms with Crippen LogP contribution in [-0.4, -0.2) is 0 Å². The van der Waals surface area contributed by atoms with Crippen LogP contribution in [0.2, 0.25) is 0 Å². The quantitative estimate of drug-likeness (QED) is 0.408. The molecule has 0 unspecified atom stereocenters. The van der Waals surface area contributed by atoms with Gasteiger partial charge in [-0.2, -0.15) is 5.12 Å². The molecular formula is C20H14FN. The first-order chi connectivity index (χ1) is 10.8. The lowest BCUT2D eigenvalue weighted by Crippen LogP contribution is -2.03. The van der Waals surface area contributed by atoms with Crippen molar-refractivity contribution in [2.24, 2.45) is 0 Å². The number of fused-ring (bicyclic) bond motifs is 2. The predicted octanol–water partition coefficient (Wildman–Crippen LogP) is 6.02. The van der Waals surface area contributed by atoms with E-state index in [1.54, 1.807) is 12.1 Å². The number of hydrogen-bond donors (Lipinski definition) is 0. The van der Waals surface area contributed by atoms with Crippen LogP contribution in [0.1, 0.15) is 0 Å². The van der Waals surface area contributed by atoms with Gasteiger partial charge in [-0.15, -0.1) is 0 Å². The highest BCUT2D eigenvalue weighted by atomic mass is 19.2. The molecule has 0 aromatic heterocycles. The molecule has 0 fully saturated rings. The number of benzene rings is 4. The van der Waals surface area contributed by atoms with E-state index in [4.69, 9.17) is 0 Å². The van der Waals surface area contributed by atoms with E-state index in [1.165, 1.54) is 0 Å².